The summed E-state index contributed by atoms with van der Waals surface area (Å²) >= 11 is 0. The molecule has 3 aromatic rings. The number of oxazole rings is 1. The number of carbonyl (C=O) groups is 1. The van der Waals surface area contributed by atoms with E-state index in [2.05, 4.69) is 24.1 Å². The minimum absolute atomic E-state index is 0.0333. The average Bonchev–Trinajstić information content (AvgIpc) is 3.27. The van der Waals surface area contributed by atoms with E-state index in [4.69, 9.17) is 9.52 Å². The second kappa shape index (κ2) is 6.68. The maximum Gasteiger partial charge on any atom is 0.226 e. The number of rotatable bonds is 4. The van der Waals surface area contributed by atoms with E-state index in [1.807, 2.05) is 48.9 Å². The normalized spacial score (nSPS) is 16.7. The first-order valence-corrected chi connectivity index (χ1v) is 9.39. The molecule has 140 valence electrons. The molecule has 27 heavy (non-hydrogen) atoms. The first kappa shape index (κ1) is 17.5. The lowest BCUT2D eigenvalue weighted by molar-refractivity contribution is -0.116. The van der Waals surface area contributed by atoms with Crippen LogP contribution in [-0.2, 0) is 4.79 Å². The molecule has 0 bridgehead atoms. The quantitative estimate of drug-likeness (QED) is 0.735. The SMILES string of the molecule is CC(C)c1nc([C@@H]2CC(=O)Nc3c2c(C(C)C)nn3-c2ccccc2)co1. The Morgan fingerprint density at radius 3 is 2.52 bits per heavy atom. The lowest BCUT2D eigenvalue weighted by Gasteiger charge is -2.23. The van der Waals surface area contributed by atoms with Crippen molar-refractivity contribution in [1.29, 1.82) is 0 Å². The van der Waals surface area contributed by atoms with Gasteiger partial charge < -0.3 is 9.73 Å². The molecule has 1 atom stereocenters. The van der Waals surface area contributed by atoms with Crippen LogP contribution in [0, 0.1) is 0 Å². The molecule has 1 aliphatic heterocycles. The van der Waals surface area contributed by atoms with Gasteiger partial charge in [-0.3, -0.25) is 4.79 Å². The molecule has 6 nitrogen and oxygen atoms in total. The first-order valence-electron chi connectivity index (χ1n) is 9.39. The highest BCUT2D eigenvalue weighted by atomic mass is 16.3. The molecule has 1 amide bonds. The van der Waals surface area contributed by atoms with Crippen molar-refractivity contribution in [2.24, 2.45) is 0 Å². The van der Waals surface area contributed by atoms with E-state index in [-0.39, 0.29) is 23.7 Å². The Bertz CT molecular complexity index is 969. The zero-order valence-electron chi connectivity index (χ0n) is 16.1. The Labute approximate surface area is 158 Å². The van der Waals surface area contributed by atoms with E-state index >= 15 is 0 Å². The van der Waals surface area contributed by atoms with Crippen LogP contribution in [0.4, 0.5) is 5.82 Å². The van der Waals surface area contributed by atoms with E-state index in [0.717, 1.165) is 28.5 Å². The zero-order valence-corrected chi connectivity index (χ0v) is 16.1. The third-order valence-corrected chi connectivity index (χ3v) is 4.88. The van der Waals surface area contributed by atoms with Crippen LogP contribution in [0.25, 0.3) is 5.69 Å². The third kappa shape index (κ3) is 3.05. The van der Waals surface area contributed by atoms with E-state index < -0.39 is 0 Å². The molecule has 6 heteroatoms. The predicted octanol–water partition coefficient (Wildman–Crippen LogP) is 4.58. The van der Waals surface area contributed by atoms with Crippen LogP contribution in [0.2, 0.25) is 0 Å². The summed E-state index contributed by atoms with van der Waals surface area (Å²) in [6.07, 6.45) is 2.03. The number of aromatic nitrogens is 3. The molecule has 1 aromatic carbocycles. The van der Waals surface area contributed by atoms with Crippen LogP contribution in [0.5, 0.6) is 0 Å². The molecule has 4 rings (SSSR count). The van der Waals surface area contributed by atoms with Gasteiger partial charge in [-0.15, -0.1) is 0 Å². The molecule has 0 unspecified atom stereocenters. The lowest BCUT2D eigenvalue weighted by Crippen LogP contribution is -2.25. The number of fused-ring (bicyclic) bond motifs is 1. The summed E-state index contributed by atoms with van der Waals surface area (Å²) in [6.45, 7) is 8.32. The molecule has 0 spiro atoms. The highest BCUT2D eigenvalue weighted by Gasteiger charge is 2.36. The molecular formula is C21H24N4O2. The van der Waals surface area contributed by atoms with Gasteiger partial charge in [-0.1, -0.05) is 45.9 Å². The van der Waals surface area contributed by atoms with Crippen LogP contribution in [-0.4, -0.2) is 20.7 Å². The van der Waals surface area contributed by atoms with Gasteiger partial charge in [0.15, 0.2) is 5.89 Å². The Kier molecular flexibility index (Phi) is 4.34. The molecule has 2 aromatic heterocycles. The van der Waals surface area contributed by atoms with Crippen LogP contribution in [0.15, 0.2) is 41.0 Å². The Hall–Kier alpha value is -2.89. The Morgan fingerprint density at radius 1 is 1.15 bits per heavy atom. The van der Waals surface area contributed by atoms with Crippen molar-refractivity contribution >= 4 is 11.7 Å². The van der Waals surface area contributed by atoms with Gasteiger partial charge in [-0.05, 0) is 18.1 Å². The molecule has 0 fully saturated rings. The van der Waals surface area contributed by atoms with Crippen molar-refractivity contribution in [3.8, 4) is 5.69 Å². The van der Waals surface area contributed by atoms with Crippen LogP contribution >= 0.6 is 0 Å². The standard InChI is InChI=1S/C21H24N4O2/c1-12(2)19-18-15(16-11-27-21(22-16)13(3)4)10-17(26)23-20(18)25(24-19)14-8-6-5-7-9-14/h5-9,11-13,15H,10H2,1-4H3,(H,23,26)/t15-/m0/s1. The van der Waals surface area contributed by atoms with E-state index in [0.29, 0.717) is 12.3 Å². The van der Waals surface area contributed by atoms with Crippen molar-refractivity contribution < 1.29 is 9.21 Å². The van der Waals surface area contributed by atoms with Crippen LogP contribution < -0.4 is 5.32 Å². The highest BCUT2D eigenvalue weighted by molar-refractivity contribution is 5.95. The maximum atomic E-state index is 12.5. The monoisotopic (exact) mass is 364 g/mol. The first-order chi connectivity index (χ1) is 13.0. The van der Waals surface area contributed by atoms with Crippen molar-refractivity contribution in [3.63, 3.8) is 0 Å². The smallest absolute Gasteiger partial charge is 0.226 e. The molecule has 0 saturated carbocycles. The molecule has 3 heterocycles. The molecule has 0 saturated heterocycles. The number of anilines is 1. The number of nitrogens with one attached hydrogen (secondary N) is 1. The summed E-state index contributed by atoms with van der Waals surface area (Å²) < 4.78 is 7.48. The van der Waals surface area contributed by atoms with Crippen molar-refractivity contribution in [3.05, 3.63) is 59.4 Å². The second-order valence-electron chi connectivity index (χ2n) is 7.62. The fourth-order valence-corrected chi connectivity index (χ4v) is 3.54. The number of carbonyl (C=O) groups excluding carboxylic acids is 1. The summed E-state index contributed by atoms with van der Waals surface area (Å²) in [5.74, 6) is 1.66. The molecule has 1 aliphatic rings. The molecule has 1 N–H and O–H groups in total. The third-order valence-electron chi connectivity index (χ3n) is 4.88. The van der Waals surface area contributed by atoms with Gasteiger partial charge >= 0.3 is 0 Å². The fourth-order valence-electron chi connectivity index (χ4n) is 3.54. The summed E-state index contributed by atoms with van der Waals surface area (Å²) in [5, 5.41) is 7.89. The van der Waals surface area contributed by atoms with E-state index in [1.54, 1.807) is 6.26 Å². The average molecular weight is 364 g/mol. The lowest BCUT2D eigenvalue weighted by atomic mass is 9.87. The zero-order chi connectivity index (χ0) is 19.1. The van der Waals surface area contributed by atoms with Crippen LogP contribution in [0.3, 0.4) is 0 Å². The van der Waals surface area contributed by atoms with Gasteiger partial charge in [0.2, 0.25) is 5.91 Å². The minimum atomic E-state index is -0.153. The van der Waals surface area contributed by atoms with Gasteiger partial charge in [-0.25, -0.2) is 9.67 Å². The summed E-state index contributed by atoms with van der Waals surface area (Å²) in [4.78, 5) is 17.2. The number of amides is 1. The largest absolute Gasteiger partial charge is 0.448 e. The van der Waals surface area contributed by atoms with E-state index in [9.17, 15) is 4.79 Å². The second-order valence-corrected chi connectivity index (χ2v) is 7.62. The summed E-state index contributed by atoms with van der Waals surface area (Å²) in [7, 11) is 0. The topological polar surface area (TPSA) is 73.0 Å². The van der Waals surface area contributed by atoms with Gasteiger partial charge in [-0.2, -0.15) is 5.10 Å². The van der Waals surface area contributed by atoms with Crippen molar-refractivity contribution in [2.75, 3.05) is 5.32 Å². The number of hydrogen-bond acceptors (Lipinski definition) is 4. The van der Waals surface area contributed by atoms with Gasteiger partial charge in [0, 0.05) is 23.8 Å². The summed E-state index contributed by atoms with van der Waals surface area (Å²) in [6, 6.07) is 9.87. The van der Waals surface area contributed by atoms with Crippen LogP contribution in [0.1, 0.15) is 74.7 Å². The Balaban J connectivity index is 1.89. The van der Waals surface area contributed by atoms with Crippen molar-refractivity contribution in [1.82, 2.24) is 14.8 Å². The maximum absolute atomic E-state index is 12.5. The van der Waals surface area contributed by atoms with Gasteiger partial charge in [0.05, 0.1) is 17.1 Å². The Morgan fingerprint density at radius 2 is 1.89 bits per heavy atom. The van der Waals surface area contributed by atoms with Crippen molar-refractivity contribution in [2.45, 2.75) is 51.9 Å². The number of nitrogens with zero attached hydrogens (tertiary/aromatic N) is 3. The molecule has 0 radical (unpaired) electrons. The highest BCUT2D eigenvalue weighted by Crippen LogP contribution is 2.42. The fraction of sp³-hybridized carbons (Fsp3) is 0.381. The van der Waals surface area contributed by atoms with E-state index in [1.165, 1.54) is 0 Å². The van der Waals surface area contributed by atoms with Gasteiger partial charge in [0.1, 0.15) is 12.1 Å². The van der Waals surface area contributed by atoms with Gasteiger partial charge in [0.25, 0.3) is 0 Å². The predicted molar refractivity (Wildman–Crippen MR) is 103 cm³/mol. The molecular weight excluding hydrogens is 340 g/mol. The summed E-state index contributed by atoms with van der Waals surface area (Å²) in [5.41, 5.74) is 3.74. The minimum Gasteiger partial charge on any atom is -0.448 e. The number of para-hydroxylation sites is 1. The molecule has 0 aliphatic carbocycles. The number of hydrogen-bond donors (Lipinski definition) is 1. The number of benzene rings is 1.